The van der Waals surface area contributed by atoms with Gasteiger partial charge in [0.25, 0.3) is 0 Å². The van der Waals surface area contributed by atoms with Gasteiger partial charge in [-0.05, 0) is 42.2 Å². The molecule has 0 atom stereocenters. The van der Waals surface area contributed by atoms with Gasteiger partial charge in [-0.15, -0.1) is 6.42 Å². The highest BCUT2D eigenvalue weighted by atomic mass is 16.5. The van der Waals surface area contributed by atoms with Crippen LogP contribution in [0.1, 0.15) is 30.9 Å². The highest BCUT2D eigenvalue weighted by molar-refractivity contribution is 5.71. The minimum absolute atomic E-state index is 0.896. The largest absolute Gasteiger partial charge is 0.496 e. The van der Waals surface area contributed by atoms with E-state index < -0.39 is 0 Å². The lowest BCUT2D eigenvalue weighted by atomic mass is 9.99. The summed E-state index contributed by atoms with van der Waals surface area (Å²) in [5.74, 6) is 3.56. The number of benzene rings is 2. The molecule has 0 aromatic heterocycles. The van der Waals surface area contributed by atoms with Gasteiger partial charge in [-0.1, -0.05) is 43.5 Å². The number of hydrogen-bond donors (Lipinski definition) is 0. The summed E-state index contributed by atoms with van der Waals surface area (Å²) in [6.45, 7) is 2.21. The van der Waals surface area contributed by atoms with Crippen LogP contribution in [-0.2, 0) is 6.42 Å². The number of terminal acetylenes is 1. The van der Waals surface area contributed by atoms with Crippen molar-refractivity contribution >= 4 is 0 Å². The maximum absolute atomic E-state index is 5.54. The molecule has 0 spiro atoms. The van der Waals surface area contributed by atoms with Crippen LogP contribution in [0.3, 0.4) is 0 Å². The quantitative estimate of drug-likeness (QED) is 0.712. The van der Waals surface area contributed by atoms with Gasteiger partial charge in [0, 0.05) is 11.1 Å². The molecule has 0 bridgehead atoms. The first-order chi connectivity index (χ1) is 9.78. The maximum atomic E-state index is 5.54. The third-order valence-corrected chi connectivity index (χ3v) is 3.45. The second-order valence-corrected chi connectivity index (χ2v) is 4.86. The fourth-order valence-corrected chi connectivity index (χ4v) is 2.26. The molecule has 0 saturated heterocycles. The fraction of sp³-hybridized carbons (Fsp3) is 0.263. The fourth-order valence-electron chi connectivity index (χ4n) is 2.26. The summed E-state index contributed by atoms with van der Waals surface area (Å²) >= 11 is 0. The van der Waals surface area contributed by atoms with Crippen molar-refractivity contribution in [1.82, 2.24) is 0 Å². The molecular weight excluding hydrogens is 244 g/mol. The first-order valence-electron chi connectivity index (χ1n) is 7.02. The topological polar surface area (TPSA) is 9.23 Å². The molecule has 20 heavy (non-hydrogen) atoms. The first-order valence-corrected chi connectivity index (χ1v) is 7.02. The van der Waals surface area contributed by atoms with E-state index in [1.807, 2.05) is 24.3 Å². The van der Waals surface area contributed by atoms with E-state index in [0.717, 1.165) is 28.9 Å². The zero-order chi connectivity index (χ0) is 14.4. The second-order valence-electron chi connectivity index (χ2n) is 4.86. The van der Waals surface area contributed by atoms with Gasteiger partial charge in [-0.3, -0.25) is 0 Å². The first kappa shape index (κ1) is 14.2. The Morgan fingerprint density at radius 3 is 2.45 bits per heavy atom. The molecule has 0 amide bonds. The van der Waals surface area contributed by atoms with E-state index in [2.05, 4.69) is 31.0 Å². The lowest BCUT2D eigenvalue weighted by Crippen LogP contribution is -1.92. The third kappa shape index (κ3) is 3.22. The summed E-state index contributed by atoms with van der Waals surface area (Å²) in [6.07, 6.45) is 8.90. The zero-order valence-corrected chi connectivity index (χ0v) is 12.1. The monoisotopic (exact) mass is 264 g/mol. The van der Waals surface area contributed by atoms with E-state index in [-0.39, 0.29) is 0 Å². The molecule has 0 heterocycles. The molecule has 0 unspecified atom stereocenters. The van der Waals surface area contributed by atoms with Crippen molar-refractivity contribution in [3.63, 3.8) is 0 Å². The molecule has 0 radical (unpaired) electrons. The molecule has 0 aliphatic rings. The number of aryl methyl sites for hydroxylation is 1. The standard InChI is InChI=1S/C19H20O/c1-4-6-7-16-10-13-18(19(14-16)20-3)17-11-8-15(5-2)9-12-17/h2,8-14H,4,6-7H2,1,3H3. The molecule has 102 valence electrons. The predicted molar refractivity (Wildman–Crippen MR) is 85.0 cm³/mol. The summed E-state index contributed by atoms with van der Waals surface area (Å²) in [5, 5.41) is 0. The number of rotatable bonds is 5. The summed E-state index contributed by atoms with van der Waals surface area (Å²) in [5.41, 5.74) is 4.46. The number of ether oxygens (including phenoxy) is 1. The van der Waals surface area contributed by atoms with Crippen LogP contribution < -0.4 is 4.74 Å². The number of methoxy groups -OCH3 is 1. The van der Waals surface area contributed by atoms with Gasteiger partial charge in [-0.25, -0.2) is 0 Å². The van der Waals surface area contributed by atoms with Gasteiger partial charge >= 0.3 is 0 Å². The third-order valence-electron chi connectivity index (χ3n) is 3.45. The number of unbranched alkanes of at least 4 members (excludes halogenated alkanes) is 1. The Morgan fingerprint density at radius 1 is 1.10 bits per heavy atom. The van der Waals surface area contributed by atoms with E-state index in [1.54, 1.807) is 7.11 Å². The van der Waals surface area contributed by atoms with Crippen molar-refractivity contribution in [3.8, 4) is 29.2 Å². The molecule has 0 fully saturated rings. The molecule has 1 heteroatoms. The Morgan fingerprint density at radius 2 is 1.85 bits per heavy atom. The van der Waals surface area contributed by atoms with Gasteiger partial charge in [0.2, 0.25) is 0 Å². The summed E-state index contributed by atoms with van der Waals surface area (Å²) in [7, 11) is 1.72. The van der Waals surface area contributed by atoms with Crippen LogP contribution in [0, 0.1) is 12.3 Å². The van der Waals surface area contributed by atoms with Gasteiger partial charge in [0.05, 0.1) is 7.11 Å². The van der Waals surface area contributed by atoms with Gasteiger partial charge in [-0.2, -0.15) is 0 Å². The van der Waals surface area contributed by atoms with Crippen LogP contribution in [0.15, 0.2) is 42.5 Å². The maximum Gasteiger partial charge on any atom is 0.126 e. The van der Waals surface area contributed by atoms with Crippen molar-refractivity contribution in [2.45, 2.75) is 26.2 Å². The van der Waals surface area contributed by atoms with Crippen molar-refractivity contribution in [3.05, 3.63) is 53.6 Å². The molecule has 2 aromatic rings. The lowest BCUT2D eigenvalue weighted by molar-refractivity contribution is 0.416. The molecule has 2 rings (SSSR count). The van der Waals surface area contributed by atoms with Crippen LogP contribution in [0.2, 0.25) is 0 Å². The van der Waals surface area contributed by atoms with Crippen LogP contribution in [-0.4, -0.2) is 7.11 Å². The second kappa shape index (κ2) is 6.82. The zero-order valence-electron chi connectivity index (χ0n) is 12.1. The summed E-state index contributed by atoms with van der Waals surface area (Å²) in [6, 6.07) is 14.5. The van der Waals surface area contributed by atoms with Crippen molar-refractivity contribution in [2.75, 3.05) is 7.11 Å². The van der Waals surface area contributed by atoms with Crippen LogP contribution >= 0.6 is 0 Å². The molecular formula is C19H20O. The number of hydrogen-bond acceptors (Lipinski definition) is 1. The normalized spacial score (nSPS) is 10.1. The predicted octanol–water partition coefficient (Wildman–Crippen LogP) is 4.69. The van der Waals surface area contributed by atoms with E-state index in [0.29, 0.717) is 0 Å². The molecule has 0 saturated carbocycles. The Kier molecular flexibility index (Phi) is 4.85. The van der Waals surface area contributed by atoms with E-state index in [4.69, 9.17) is 11.2 Å². The van der Waals surface area contributed by atoms with E-state index >= 15 is 0 Å². The van der Waals surface area contributed by atoms with Crippen molar-refractivity contribution in [2.24, 2.45) is 0 Å². The molecule has 0 N–H and O–H groups in total. The Balaban J connectivity index is 2.33. The SMILES string of the molecule is C#Cc1ccc(-c2ccc(CCCC)cc2OC)cc1. The highest BCUT2D eigenvalue weighted by Gasteiger charge is 2.07. The molecule has 1 nitrogen and oxygen atoms in total. The van der Waals surface area contributed by atoms with E-state index in [9.17, 15) is 0 Å². The van der Waals surface area contributed by atoms with Gasteiger partial charge in [0.1, 0.15) is 5.75 Å². The Labute approximate surface area is 121 Å². The highest BCUT2D eigenvalue weighted by Crippen LogP contribution is 2.31. The lowest BCUT2D eigenvalue weighted by Gasteiger charge is -2.11. The summed E-state index contributed by atoms with van der Waals surface area (Å²) < 4.78 is 5.54. The average molecular weight is 264 g/mol. The van der Waals surface area contributed by atoms with Gasteiger partial charge < -0.3 is 4.74 Å². The molecule has 2 aromatic carbocycles. The Bertz CT molecular complexity index is 603. The van der Waals surface area contributed by atoms with Crippen LogP contribution in [0.4, 0.5) is 0 Å². The van der Waals surface area contributed by atoms with Crippen molar-refractivity contribution < 1.29 is 4.74 Å². The molecule has 0 aliphatic carbocycles. The van der Waals surface area contributed by atoms with E-state index in [1.165, 1.54) is 18.4 Å². The minimum Gasteiger partial charge on any atom is -0.496 e. The smallest absolute Gasteiger partial charge is 0.126 e. The van der Waals surface area contributed by atoms with Gasteiger partial charge in [0.15, 0.2) is 0 Å². The minimum atomic E-state index is 0.896. The van der Waals surface area contributed by atoms with Crippen molar-refractivity contribution in [1.29, 1.82) is 0 Å². The van der Waals surface area contributed by atoms with Crippen LogP contribution in [0.5, 0.6) is 5.75 Å². The Hall–Kier alpha value is -2.20. The van der Waals surface area contributed by atoms with Crippen LogP contribution in [0.25, 0.3) is 11.1 Å². The average Bonchev–Trinajstić information content (AvgIpc) is 2.52. The molecule has 0 aliphatic heterocycles. The summed E-state index contributed by atoms with van der Waals surface area (Å²) in [4.78, 5) is 0.